The molecule has 0 saturated carbocycles. The summed E-state index contributed by atoms with van der Waals surface area (Å²) in [5, 5.41) is 2.91. The fraction of sp³-hybridized carbons (Fsp3) is 0.200. The first kappa shape index (κ1) is 10.3. The van der Waals surface area contributed by atoms with Crippen LogP contribution in [-0.2, 0) is 6.61 Å². The molecule has 2 rings (SSSR count). The standard InChI is InChI=1S/C10H11N5O/c1-11-9-2-3-14-10(15-9)16-6-8-4-12-7-13-5-8/h2-5,7H,6H2,1H3,(H,11,14,15). The third-order valence-corrected chi connectivity index (χ3v) is 1.87. The van der Waals surface area contributed by atoms with Crippen molar-refractivity contribution >= 4 is 5.82 Å². The Morgan fingerprint density at radius 1 is 1.31 bits per heavy atom. The zero-order valence-electron chi connectivity index (χ0n) is 8.79. The highest BCUT2D eigenvalue weighted by molar-refractivity contribution is 5.32. The number of aromatic nitrogens is 4. The third-order valence-electron chi connectivity index (χ3n) is 1.87. The van der Waals surface area contributed by atoms with Gasteiger partial charge < -0.3 is 10.1 Å². The number of nitrogens with one attached hydrogen (secondary N) is 1. The molecule has 0 spiro atoms. The lowest BCUT2D eigenvalue weighted by Crippen LogP contribution is -2.01. The van der Waals surface area contributed by atoms with Crippen molar-refractivity contribution in [1.82, 2.24) is 19.9 Å². The van der Waals surface area contributed by atoms with Gasteiger partial charge >= 0.3 is 6.01 Å². The lowest BCUT2D eigenvalue weighted by atomic mass is 10.4. The fourth-order valence-electron chi connectivity index (χ4n) is 1.10. The van der Waals surface area contributed by atoms with Crippen LogP contribution < -0.4 is 10.1 Å². The third kappa shape index (κ3) is 2.63. The molecule has 1 N–H and O–H groups in total. The Morgan fingerprint density at radius 2 is 2.12 bits per heavy atom. The highest BCUT2D eigenvalue weighted by Crippen LogP contribution is 2.08. The Hall–Kier alpha value is -2.24. The van der Waals surface area contributed by atoms with Crippen molar-refractivity contribution in [3.05, 3.63) is 36.5 Å². The van der Waals surface area contributed by atoms with Gasteiger partial charge in [-0.3, -0.25) is 0 Å². The molecule has 2 heterocycles. The molecule has 6 heteroatoms. The molecule has 82 valence electrons. The highest BCUT2D eigenvalue weighted by atomic mass is 16.5. The van der Waals surface area contributed by atoms with Crippen LogP contribution >= 0.6 is 0 Å². The van der Waals surface area contributed by atoms with Crippen LogP contribution in [0.1, 0.15) is 5.56 Å². The smallest absolute Gasteiger partial charge is 0.318 e. The first-order chi connectivity index (χ1) is 7.88. The van der Waals surface area contributed by atoms with Gasteiger partial charge in [-0.05, 0) is 6.07 Å². The van der Waals surface area contributed by atoms with E-state index in [-0.39, 0.29) is 0 Å². The molecule has 2 aromatic rings. The van der Waals surface area contributed by atoms with Crippen LogP contribution in [0, 0.1) is 0 Å². The maximum absolute atomic E-state index is 5.39. The van der Waals surface area contributed by atoms with E-state index in [1.165, 1.54) is 6.33 Å². The van der Waals surface area contributed by atoms with Crippen molar-refractivity contribution in [3.8, 4) is 6.01 Å². The summed E-state index contributed by atoms with van der Waals surface area (Å²) >= 11 is 0. The first-order valence-corrected chi connectivity index (χ1v) is 4.76. The minimum absolute atomic E-state index is 0.329. The maximum atomic E-state index is 5.39. The maximum Gasteiger partial charge on any atom is 0.318 e. The number of hydrogen-bond acceptors (Lipinski definition) is 6. The lowest BCUT2D eigenvalue weighted by molar-refractivity contribution is 0.280. The molecule has 6 nitrogen and oxygen atoms in total. The monoisotopic (exact) mass is 217 g/mol. The van der Waals surface area contributed by atoms with E-state index in [4.69, 9.17) is 4.74 Å². The van der Waals surface area contributed by atoms with E-state index in [9.17, 15) is 0 Å². The molecule has 0 bridgehead atoms. The van der Waals surface area contributed by atoms with Gasteiger partial charge in [-0.15, -0.1) is 0 Å². The number of rotatable bonds is 4. The van der Waals surface area contributed by atoms with Crippen LogP contribution in [0.3, 0.4) is 0 Å². The lowest BCUT2D eigenvalue weighted by Gasteiger charge is -2.04. The average molecular weight is 217 g/mol. The Kier molecular flexibility index (Phi) is 3.22. The summed E-state index contributed by atoms with van der Waals surface area (Å²) in [5.41, 5.74) is 0.876. The predicted molar refractivity (Wildman–Crippen MR) is 57.9 cm³/mol. The molecule has 0 radical (unpaired) electrons. The summed E-state index contributed by atoms with van der Waals surface area (Å²) < 4.78 is 5.39. The number of nitrogens with zero attached hydrogens (tertiary/aromatic N) is 4. The second kappa shape index (κ2) is 5.01. The molecule has 0 fully saturated rings. The van der Waals surface area contributed by atoms with E-state index >= 15 is 0 Å². The van der Waals surface area contributed by atoms with Crippen LogP contribution in [0.15, 0.2) is 31.0 Å². The highest BCUT2D eigenvalue weighted by Gasteiger charge is 1.99. The van der Waals surface area contributed by atoms with Gasteiger partial charge in [-0.1, -0.05) is 0 Å². The van der Waals surface area contributed by atoms with Gasteiger partial charge in [0.25, 0.3) is 0 Å². The molecule has 0 aliphatic carbocycles. The van der Waals surface area contributed by atoms with E-state index < -0.39 is 0 Å². The zero-order chi connectivity index (χ0) is 11.2. The molecule has 0 saturated heterocycles. The molecular weight excluding hydrogens is 206 g/mol. The molecule has 0 atom stereocenters. The van der Waals surface area contributed by atoms with Gasteiger partial charge in [0.05, 0.1) is 0 Å². The summed E-state index contributed by atoms with van der Waals surface area (Å²) in [5.74, 6) is 0.717. The molecule has 0 aliphatic heterocycles. The summed E-state index contributed by atoms with van der Waals surface area (Å²) in [6.07, 6.45) is 6.49. The fourth-order valence-corrected chi connectivity index (χ4v) is 1.10. The first-order valence-electron chi connectivity index (χ1n) is 4.76. The topological polar surface area (TPSA) is 72.8 Å². The number of ether oxygens (including phenoxy) is 1. The molecule has 2 aromatic heterocycles. The van der Waals surface area contributed by atoms with Crippen LogP contribution in [-0.4, -0.2) is 27.0 Å². The summed E-state index contributed by atoms with van der Waals surface area (Å²) in [4.78, 5) is 15.9. The van der Waals surface area contributed by atoms with Crippen LogP contribution in [0.2, 0.25) is 0 Å². The quantitative estimate of drug-likeness (QED) is 0.819. The normalized spacial score (nSPS) is 9.81. The van der Waals surface area contributed by atoms with Gasteiger partial charge in [0.1, 0.15) is 18.8 Å². The molecule has 0 amide bonds. The van der Waals surface area contributed by atoms with Gasteiger partial charge in [0.15, 0.2) is 0 Å². The molecular formula is C10H11N5O. The second-order valence-corrected chi connectivity index (χ2v) is 3.01. The Balaban J connectivity index is 1.99. The van der Waals surface area contributed by atoms with Gasteiger partial charge in [0.2, 0.25) is 0 Å². The van der Waals surface area contributed by atoms with Crippen molar-refractivity contribution in [2.45, 2.75) is 6.61 Å². The Morgan fingerprint density at radius 3 is 2.88 bits per heavy atom. The van der Waals surface area contributed by atoms with Crippen molar-refractivity contribution < 1.29 is 4.74 Å². The number of hydrogen-bond donors (Lipinski definition) is 1. The Bertz CT molecular complexity index is 448. The predicted octanol–water partition coefficient (Wildman–Crippen LogP) is 0.887. The van der Waals surface area contributed by atoms with Crippen molar-refractivity contribution in [2.75, 3.05) is 12.4 Å². The molecule has 16 heavy (non-hydrogen) atoms. The van der Waals surface area contributed by atoms with E-state index in [0.29, 0.717) is 18.4 Å². The minimum Gasteiger partial charge on any atom is -0.458 e. The largest absolute Gasteiger partial charge is 0.458 e. The van der Waals surface area contributed by atoms with Crippen molar-refractivity contribution in [3.63, 3.8) is 0 Å². The van der Waals surface area contributed by atoms with Crippen molar-refractivity contribution in [1.29, 1.82) is 0 Å². The molecule has 0 unspecified atom stereocenters. The van der Waals surface area contributed by atoms with Crippen molar-refractivity contribution in [2.24, 2.45) is 0 Å². The van der Waals surface area contributed by atoms with Gasteiger partial charge in [0, 0.05) is 31.2 Å². The van der Waals surface area contributed by atoms with Gasteiger partial charge in [-0.2, -0.15) is 4.98 Å². The Labute approximate surface area is 92.8 Å². The zero-order valence-corrected chi connectivity index (χ0v) is 8.79. The summed E-state index contributed by atoms with van der Waals surface area (Å²) in [6.45, 7) is 0.355. The number of anilines is 1. The average Bonchev–Trinajstić information content (AvgIpc) is 2.38. The molecule has 0 aliphatic rings. The molecule has 0 aromatic carbocycles. The van der Waals surface area contributed by atoms with E-state index in [1.54, 1.807) is 31.7 Å². The second-order valence-electron chi connectivity index (χ2n) is 3.01. The van der Waals surface area contributed by atoms with Crippen LogP contribution in [0.25, 0.3) is 0 Å². The van der Waals surface area contributed by atoms with E-state index in [0.717, 1.165) is 5.56 Å². The van der Waals surface area contributed by atoms with Crippen LogP contribution in [0.4, 0.5) is 5.82 Å². The van der Waals surface area contributed by atoms with Gasteiger partial charge in [-0.25, -0.2) is 15.0 Å². The van der Waals surface area contributed by atoms with E-state index in [1.807, 2.05) is 0 Å². The minimum atomic E-state index is 0.329. The van der Waals surface area contributed by atoms with E-state index in [2.05, 4.69) is 25.3 Å². The summed E-state index contributed by atoms with van der Waals surface area (Å²) in [7, 11) is 1.79. The van der Waals surface area contributed by atoms with Crippen LogP contribution in [0.5, 0.6) is 6.01 Å². The summed E-state index contributed by atoms with van der Waals surface area (Å²) in [6, 6.07) is 2.09. The SMILES string of the molecule is CNc1ccnc(OCc2cncnc2)n1.